The van der Waals surface area contributed by atoms with E-state index in [2.05, 4.69) is 4.74 Å². The molecule has 1 atom stereocenters. The van der Waals surface area contributed by atoms with Crippen LogP contribution in [-0.4, -0.2) is 17.5 Å². The molecule has 2 aromatic rings. The second-order valence-electron chi connectivity index (χ2n) is 4.37. The van der Waals surface area contributed by atoms with E-state index in [9.17, 15) is 27.5 Å². The van der Waals surface area contributed by atoms with Crippen molar-refractivity contribution < 1.29 is 32.2 Å². The molecule has 0 aliphatic heterocycles. The Morgan fingerprint density at radius 1 is 1.00 bits per heavy atom. The molecular formula is C15H10F4O3. The number of ether oxygens (including phenoxy) is 1. The summed E-state index contributed by atoms with van der Waals surface area (Å²) >= 11 is 0. The second-order valence-corrected chi connectivity index (χ2v) is 4.37. The SMILES string of the molecule is O=C(c1ccc(OC(F)F)cc1)C(O)c1cc(F)cc(F)c1. The Balaban J connectivity index is 2.19. The summed E-state index contributed by atoms with van der Waals surface area (Å²) in [5.74, 6) is -2.84. The molecule has 0 aliphatic carbocycles. The molecule has 0 spiro atoms. The van der Waals surface area contributed by atoms with E-state index in [-0.39, 0.29) is 16.9 Å². The molecule has 7 heteroatoms. The van der Waals surface area contributed by atoms with Crippen LogP contribution in [-0.2, 0) is 0 Å². The normalized spacial score (nSPS) is 12.3. The van der Waals surface area contributed by atoms with E-state index in [1.807, 2.05) is 0 Å². The minimum atomic E-state index is -3.00. The maximum atomic E-state index is 13.1. The van der Waals surface area contributed by atoms with Crippen LogP contribution in [0.4, 0.5) is 17.6 Å². The van der Waals surface area contributed by atoms with Crippen LogP contribution in [0.1, 0.15) is 22.0 Å². The summed E-state index contributed by atoms with van der Waals surface area (Å²) in [4.78, 5) is 12.0. The van der Waals surface area contributed by atoms with Crippen molar-refractivity contribution in [2.75, 3.05) is 0 Å². The smallest absolute Gasteiger partial charge is 0.387 e. The highest BCUT2D eigenvalue weighted by Crippen LogP contribution is 2.22. The average molecular weight is 314 g/mol. The maximum absolute atomic E-state index is 13.1. The molecular weight excluding hydrogens is 304 g/mol. The largest absolute Gasteiger partial charge is 0.435 e. The molecule has 0 aromatic heterocycles. The van der Waals surface area contributed by atoms with Gasteiger partial charge in [-0.25, -0.2) is 8.78 Å². The van der Waals surface area contributed by atoms with Crippen LogP contribution in [0.15, 0.2) is 42.5 Å². The minimum absolute atomic E-state index is 0.0150. The summed E-state index contributed by atoms with van der Waals surface area (Å²) in [6, 6.07) is 6.85. The second kappa shape index (κ2) is 6.57. The summed E-state index contributed by atoms with van der Waals surface area (Å²) in [5.41, 5.74) is -0.255. The molecule has 116 valence electrons. The van der Waals surface area contributed by atoms with Gasteiger partial charge >= 0.3 is 6.61 Å². The number of carbonyl (C=O) groups is 1. The standard InChI is InChI=1S/C15H10F4O3/c16-10-5-9(6-11(17)7-10)14(21)13(20)8-1-3-12(4-2-8)22-15(18)19/h1-7,14-15,21H. The first-order valence-electron chi connectivity index (χ1n) is 6.10. The third-order valence-corrected chi connectivity index (χ3v) is 2.81. The van der Waals surface area contributed by atoms with E-state index in [0.29, 0.717) is 6.07 Å². The van der Waals surface area contributed by atoms with Crippen LogP contribution < -0.4 is 4.74 Å². The van der Waals surface area contributed by atoms with Crippen LogP contribution in [0, 0.1) is 11.6 Å². The first kappa shape index (κ1) is 16.0. The van der Waals surface area contributed by atoms with Crippen molar-refractivity contribution >= 4 is 5.78 Å². The third kappa shape index (κ3) is 3.82. The number of hydrogen-bond donors (Lipinski definition) is 1. The molecule has 1 N–H and O–H groups in total. The van der Waals surface area contributed by atoms with Gasteiger partial charge in [0.15, 0.2) is 5.78 Å². The summed E-state index contributed by atoms with van der Waals surface area (Å²) in [5, 5.41) is 9.87. The molecule has 0 radical (unpaired) electrons. The van der Waals surface area contributed by atoms with E-state index in [4.69, 9.17) is 0 Å². The summed E-state index contributed by atoms with van der Waals surface area (Å²) < 4.78 is 54.3. The zero-order valence-corrected chi connectivity index (χ0v) is 11.0. The van der Waals surface area contributed by atoms with Gasteiger partial charge in [-0.3, -0.25) is 4.79 Å². The van der Waals surface area contributed by atoms with Gasteiger partial charge in [0.2, 0.25) is 0 Å². The first-order chi connectivity index (χ1) is 10.4. The van der Waals surface area contributed by atoms with Crippen LogP contribution in [0.25, 0.3) is 0 Å². The minimum Gasteiger partial charge on any atom is -0.435 e. The van der Waals surface area contributed by atoms with Crippen molar-refractivity contribution in [1.29, 1.82) is 0 Å². The fraction of sp³-hybridized carbons (Fsp3) is 0.133. The van der Waals surface area contributed by atoms with Gasteiger partial charge in [0, 0.05) is 11.6 Å². The Labute approximate surface area is 122 Å². The number of aliphatic hydroxyl groups excluding tert-OH is 1. The van der Waals surface area contributed by atoms with Crippen molar-refractivity contribution in [3.8, 4) is 5.75 Å². The third-order valence-electron chi connectivity index (χ3n) is 2.81. The molecule has 0 saturated carbocycles. The summed E-state index contributed by atoms with van der Waals surface area (Å²) in [6.45, 7) is -3.00. The lowest BCUT2D eigenvalue weighted by molar-refractivity contribution is -0.0498. The Kier molecular flexibility index (Phi) is 4.77. The highest BCUT2D eigenvalue weighted by atomic mass is 19.3. The first-order valence-corrected chi connectivity index (χ1v) is 6.10. The Bertz CT molecular complexity index is 651. The number of halogens is 4. The van der Waals surface area contributed by atoms with Crippen molar-refractivity contribution in [1.82, 2.24) is 0 Å². The lowest BCUT2D eigenvalue weighted by Gasteiger charge is -2.11. The van der Waals surface area contributed by atoms with Crippen molar-refractivity contribution in [2.45, 2.75) is 12.7 Å². The topological polar surface area (TPSA) is 46.5 Å². The van der Waals surface area contributed by atoms with E-state index >= 15 is 0 Å². The monoisotopic (exact) mass is 314 g/mol. The number of Topliss-reactive ketones (excluding diaryl/α,β-unsaturated/α-hetero) is 1. The highest BCUT2D eigenvalue weighted by Gasteiger charge is 2.20. The fourth-order valence-corrected chi connectivity index (χ4v) is 1.84. The van der Waals surface area contributed by atoms with Gasteiger partial charge in [-0.1, -0.05) is 0 Å². The molecule has 3 nitrogen and oxygen atoms in total. The number of hydrogen-bond acceptors (Lipinski definition) is 3. The van der Waals surface area contributed by atoms with Crippen LogP contribution in [0.5, 0.6) is 5.75 Å². The molecule has 0 aliphatic rings. The highest BCUT2D eigenvalue weighted by molar-refractivity contribution is 5.99. The molecule has 0 amide bonds. The predicted octanol–water partition coefficient (Wildman–Crippen LogP) is 3.48. The van der Waals surface area contributed by atoms with Crippen LogP contribution >= 0.6 is 0 Å². The molecule has 22 heavy (non-hydrogen) atoms. The lowest BCUT2D eigenvalue weighted by atomic mass is 10.00. The predicted molar refractivity (Wildman–Crippen MR) is 68.7 cm³/mol. The quantitative estimate of drug-likeness (QED) is 0.679. The number of alkyl halides is 2. The van der Waals surface area contributed by atoms with Crippen LogP contribution in [0.2, 0.25) is 0 Å². The van der Waals surface area contributed by atoms with Crippen molar-refractivity contribution in [2.24, 2.45) is 0 Å². The molecule has 1 unspecified atom stereocenters. The molecule has 0 heterocycles. The molecule has 0 saturated heterocycles. The van der Waals surface area contributed by atoms with Crippen molar-refractivity contribution in [3.63, 3.8) is 0 Å². The maximum Gasteiger partial charge on any atom is 0.387 e. The summed E-state index contributed by atoms with van der Waals surface area (Å²) in [6.07, 6.45) is -1.77. The molecule has 2 aromatic carbocycles. The van der Waals surface area contributed by atoms with Gasteiger partial charge in [0.25, 0.3) is 0 Å². The number of ketones is 1. The Morgan fingerprint density at radius 2 is 1.55 bits per heavy atom. The number of benzene rings is 2. The van der Waals surface area contributed by atoms with Gasteiger partial charge in [0.1, 0.15) is 23.5 Å². The van der Waals surface area contributed by atoms with E-state index in [1.165, 1.54) is 12.1 Å². The van der Waals surface area contributed by atoms with Gasteiger partial charge in [-0.05, 0) is 42.0 Å². The van der Waals surface area contributed by atoms with Crippen molar-refractivity contribution in [3.05, 3.63) is 65.2 Å². The number of rotatable bonds is 5. The van der Waals surface area contributed by atoms with E-state index in [1.54, 1.807) is 0 Å². The number of carbonyl (C=O) groups excluding carboxylic acids is 1. The average Bonchev–Trinajstić information content (AvgIpc) is 2.45. The van der Waals surface area contributed by atoms with Gasteiger partial charge < -0.3 is 9.84 Å². The van der Waals surface area contributed by atoms with Gasteiger partial charge in [-0.2, -0.15) is 8.78 Å². The van der Waals surface area contributed by atoms with Gasteiger partial charge in [-0.15, -0.1) is 0 Å². The van der Waals surface area contributed by atoms with E-state index in [0.717, 1.165) is 24.3 Å². The number of aliphatic hydroxyl groups is 1. The van der Waals surface area contributed by atoms with E-state index < -0.39 is 30.1 Å². The van der Waals surface area contributed by atoms with Gasteiger partial charge in [0.05, 0.1) is 0 Å². The molecule has 2 rings (SSSR count). The zero-order chi connectivity index (χ0) is 16.3. The lowest BCUT2D eigenvalue weighted by Crippen LogP contribution is -2.13. The zero-order valence-electron chi connectivity index (χ0n) is 11.0. The Hall–Kier alpha value is -2.41. The summed E-state index contributed by atoms with van der Waals surface area (Å²) in [7, 11) is 0. The molecule has 0 bridgehead atoms. The molecule has 0 fully saturated rings. The van der Waals surface area contributed by atoms with Crippen LogP contribution in [0.3, 0.4) is 0 Å². The fourth-order valence-electron chi connectivity index (χ4n) is 1.84. The Morgan fingerprint density at radius 3 is 2.05 bits per heavy atom.